The fraction of sp³-hybridized carbons (Fsp3) is 0.333. The number of nitrogens with one attached hydrogen (secondary N) is 4. The van der Waals surface area contributed by atoms with Gasteiger partial charge in [-0.2, -0.15) is 0 Å². The van der Waals surface area contributed by atoms with Crippen LogP contribution in [0.3, 0.4) is 0 Å². The van der Waals surface area contributed by atoms with Gasteiger partial charge in [-0.25, -0.2) is 9.97 Å². The highest BCUT2D eigenvalue weighted by molar-refractivity contribution is 5.90. The van der Waals surface area contributed by atoms with Crippen molar-refractivity contribution in [2.45, 2.75) is 45.2 Å². The van der Waals surface area contributed by atoms with E-state index in [4.69, 9.17) is 0 Å². The number of imidazole rings is 2. The highest BCUT2D eigenvalue weighted by atomic mass is 15.0. The molecule has 4 unspecified atom stereocenters. The first kappa shape index (κ1) is 24.3. The second-order valence-electron chi connectivity index (χ2n) is 11.7. The monoisotopic (exact) mass is 516 g/mol. The predicted octanol–water partition coefficient (Wildman–Crippen LogP) is 7.02. The number of nitrogens with zero attached hydrogens (tertiary/aromatic N) is 2. The second kappa shape index (κ2) is 10.1. The summed E-state index contributed by atoms with van der Waals surface area (Å²) < 4.78 is 0. The third-order valence-electron chi connectivity index (χ3n) is 8.54. The zero-order valence-electron chi connectivity index (χ0n) is 22.7. The van der Waals surface area contributed by atoms with Crippen LogP contribution in [-0.2, 0) is 0 Å². The molecule has 6 nitrogen and oxygen atoms in total. The van der Waals surface area contributed by atoms with Crippen molar-refractivity contribution in [3.63, 3.8) is 0 Å². The normalized spacial score (nSPS) is 23.4. The first-order valence-electron chi connectivity index (χ1n) is 14.3. The Balaban J connectivity index is 1.08. The first-order valence-corrected chi connectivity index (χ1v) is 14.3. The molecule has 39 heavy (non-hydrogen) atoms. The summed E-state index contributed by atoms with van der Waals surface area (Å²) >= 11 is 0. The Morgan fingerprint density at radius 1 is 0.590 bits per heavy atom. The zero-order chi connectivity index (χ0) is 26.3. The summed E-state index contributed by atoms with van der Waals surface area (Å²) in [5.74, 6) is 3.53. The molecule has 4 atom stereocenters. The van der Waals surface area contributed by atoms with E-state index in [1.807, 2.05) is 12.4 Å². The number of hydrogen-bond acceptors (Lipinski definition) is 4. The van der Waals surface area contributed by atoms with E-state index >= 15 is 0 Å². The minimum Gasteiger partial charge on any atom is -0.341 e. The van der Waals surface area contributed by atoms with Gasteiger partial charge < -0.3 is 20.6 Å². The molecule has 2 aromatic heterocycles. The van der Waals surface area contributed by atoms with Crippen molar-refractivity contribution in [1.29, 1.82) is 0 Å². The minimum atomic E-state index is 0.329. The molecule has 198 valence electrons. The Labute approximate surface area is 229 Å². The molecular weight excluding hydrogens is 480 g/mol. The lowest BCUT2D eigenvalue weighted by molar-refractivity contribution is 0.325. The molecule has 0 saturated carbocycles. The van der Waals surface area contributed by atoms with E-state index in [0.717, 1.165) is 60.4 Å². The van der Waals surface area contributed by atoms with E-state index in [9.17, 15) is 0 Å². The molecule has 2 saturated heterocycles. The average molecular weight is 517 g/mol. The molecular formula is C33H36N6. The maximum atomic E-state index is 4.68. The Morgan fingerprint density at radius 2 is 1.15 bits per heavy atom. The van der Waals surface area contributed by atoms with Crippen LogP contribution in [0.1, 0.15) is 56.8 Å². The Hall–Kier alpha value is -3.74. The molecule has 7 rings (SSSR count). The van der Waals surface area contributed by atoms with Crippen LogP contribution in [-0.4, -0.2) is 33.0 Å². The van der Waals surface area contributed by atoms with Gasteiger partial charge in [-0.15, -0.1) is 0 Å². The third-order valence-corrected chi connectivity index (χ3v) is 8.54. The summed E-state index contributed by atoms with van der Waals surface area (Å²) in [6.07, 6.45) is 7.44. The smallest absolute Gasteiger partial charge is 0.123 e. The molecule has 0 amide bonds. The van der Waals surface area contributed by atoms with E-state index in [2.05, 4.69) is 105 Å². The molecule has 6 heteroatoms. The topological polar surface area (TPSA) is 81.4 Å². The highest BCUT2D eigenvalue weighted by Gasteiger charge is 2.24. The molecule has 2 aliphatic rings. The summed E-state index contributed by atoms with van der Waals surface area (Å²) in [5.41, 5.74) is 6.91. The van der Waals surface area contributed by atoms with E-state index in [1.165, 1.54) is 33.9 Å². The standard InChI is InChI=1S/C33H36N6/c1-20-3-12-28(34-16-20)32-36-18-30(38-32)23-6-4-22(5-7-23)24-8-9-26-15-27(11-10-25(26)14-24)31-19-37-33(39-31)29-13-21(2)17-35-29/h4-11,14-15,18-21,28-29,34-35H,3,12-13,16-17H2,1-2H3,(H,36,38)(H,37,39). The Morgan fingerprint density at radius 3 is 1.82 bits per heavy atom. The molecule has 3 aromatic carbocycles. The second-order valence-corrected chi connectivity index (χ2v) is 11.7. The number of aromatic amines is 2. The van der Waals surface area contributed by atoms with Crippen molar-refractivity contribution in [1.82, 2.24) is 30.6 Å². The van der Waals surface area contributed by atoms with E-state index < -0.39 is 0 Å². The lowest BCUT2D eigenvalue weighted by atomic mass is 9.96. The van der Waals surface area contributed by atoms with E-state index in [-0.39, 0.29) is 0 Å². The van der Waals surface area contributed by atoms with Gasteiger partial charge in [0, 0.05) is 5.56 Å². The van der Waals surface area contributed by atoms with Crippen LogP contribution in [0.5, 0.6) is 0 Å². The van der Waals surface area contributed by atoms with Crippen molar-refractivity contribution < 1.29 is 0 Å². The largest absolute Gasteiger partial charge is 0.341 e. The third kappa shape index (κ3) is 4.90. The van der Waals surface area contributed by atoms with Gasteiger partial charge in [-0.3, -0.25) is 0 Å². The summed E-state index contributed by atoms with van der Waals surface area (Å²) in [4.78, 5) is 16.5. The fourth-order valence-electron chi connectivity index (χ4n) is 6.11. The number of piperidine rings is 1. The lowest BCUT2D eigenvalue weighted by Gasteiger charge is -2.26. The molecule has 0 radical (unpaired) electrons. The Bertz CT molecular complexity index is 1590. The van der Waals surface area contributed by atoms with Gasteiger partial charge in [0.15, 0.2) is 0 Å². The fourth-order valence-corrected chi connectivity index (χ4v) is 6.11. The minimum absolute atomic E-state index is 0.329. The quantitative estimate of drug-likeness (QED) is 0.202. The van der Waals surface area contributed by atoms with Crippen molar-refractivity contribution in [3.8, 4) is 33.6 Å². The maximum absolute atomic E-state index is 4.68. The molecule has 0 aliphatic carbocycles. The maximum Gasteiger partial charge on any atom is 0.123 e. The summed E-state index contributed by atoms with van der Waals surface area (Å²) in [5, 5.41) is 9.65. The number of hydrogen-bond donors (Lipinski definition) is 4. The first-order chi connectivity index (χ1) is 19.1. The molecule has 0 spiro atoms. The number of H-pyrrole nitrogens is 2. The number of rotatable bonds is 5. The lowest BCUT2D eigenvalue weighted by Crippen LogP contribution is -2.32. The van der Waals surface area contributed by atoms with Crippen LogP contribution in [0, 0.1) is 11.8 Å². The number of aromatic nitrogens is 4. The van der Waals surface area contributed by atoms with E-state index in [0.29, 0.717) is 18.0 Å². The molecule has 2 aliphatic heterocycles. The number of fused-ring (bicyclic) bond motifs is 1. The van der Waals surface area contributed by atoms with Gasteiger partial charge in [-0.1, -0.05) is 62.4 Å². The van der Waals surface area contributed by atoms with Crippen LogP contribution in [0.15, 0.2) is 73.1 Å². The summed E-state index contributed by atoms with van der Waals surface area (Å²) in [7, 11) is 0. The van der Waals surface area contributed by atoms with Gasteiger partial charge in [0.25, 0.3) is 0 Å². The van der Waals surface area contributed by atoms with Crippen LogP contribution in [0.25, 0.3) is 44.4 Å². The van der Waals surface area contributed by atoms with Gasteiger partial charge in [0.1, 0.15) is 11.6 Å². The summed E-state index contributed by atoms with van der Waals surface area (Å²) in [6, 6.07) is 22.8. The molecule has 0 bridgehead atoms. The predicted molar refractivity (Wildman–Crippen MR) is 158 cm³/mol. The Kier molecular flexibility index (Phi) is 6.30. The SMILES string of the molecule is CC1CCC(c2ncc(-c3ccc(-c4ccc5cc(-c6cnc(C7CC(C)CN7)[nH]6)ccc5c4)cc3)[nH]2)NC1. The van der Waals surface area contributed by atoms with Gasteiger partial charge in [0.05, 0.1) is 35.9 Å². The summed E-state index contributed by atoms with van der Waals surface area (Å²) in [6.45, 7) is 6.71. The van der Waals surface area contributed by atoms with Crippen molar-refractivity contribution >= 4 is 10.8 Å². The zero-order valence-corrected chi connectivity index (χ0v) is 22.7. The van der Waals surface area contributed by atoms with Gasteiger partial charge >= 0.3 is 0 Å². The van der Waals surface area contributed by atoms with Crippen LogP contribution in [0.4, 0.5) is 0 Å². The van der Waals surface area contributed by atoms with Crippen LogP contribution in [0.2, 0.25) is 0 Å². The van der Waals surface area contributed by atoms with E-state index in [1.54, 1.807) is 0 Å². The molecule has 5 aromatic rings. The van der Waals surface area contributed by atoms with Crippen molar-refractivity contribution in [2.75, 3.05) is 13.1 Å². The molecule has 4 N–H and O–H groups in total. The number of benzene rings is 3. The van der Waals surface area contributed by atoms with Crippen molar-refractivity contribution in [2.24, 2.45) is 11.8 Å². The van der Waals surface area contributed by atoms with Crippen LogP contribution >= 0.6 is 0 Å². The molecule has 2 fully saturated rings. The highest BCUT2D eigenvalue weighted by Crippen LogP contribution is 2.32. The molecule has 4 heterocycles. The average Bonchev–Trinajstić information content (AvgIpc) is 3.74. The van der Waals surface area contributed by atoms with Gasteiger partial charge in [0.2, 0.25) is 0 Å². The van der Waals surface area contributed by atoms with Gasteiger partial charge in [-0.05, 0) is 83.8 Å². The van der Waals surface area contributed by atoms with Crippen LogP contribution < -0.4 is 10.6 Å². The van der Waals surface area contributed by atoms with Crippen molar-refractivity contribution in [3.05, 3.63) is 84.7 Å².